The lowest BCUT2D eigenvalue weighted by atomic mass is 10.4. The minimum absolute atomic E-state index is 0.519. The van der Waals surface area contributed by atoms with E-state index in [4.69, 9.17) is 5.73 Å². The summed E-state index contributed by atoms with van der Waals surface area (Å²) in [7, 11) is 3.88. The number of hydrogen-bond acceptors (Lipinski definition) is 4. The third kappa shape index (κ3) is 1.09. The van der Waals surface area contributed by atoms with Crippen molar-refractivity contribution in [3.63, 3.8) is 0 Å². The first-order valence-corrected chi connectivity index (χ1v) is 3.95. The van der Waals surface area contributed by atoms with Crippen molar-refractivity contribution < 1.29 is 0 Å². The van der Waals surface area contributed by atoms with Gasteiger partial charge in [-0.25, -0.2) is 14.6 Å². The molecule has 5 nitrogen and oxygen atoms in total. The van der Waals surface area contributed by atoms with Gasteiger partial charge in [-0.3, -0.25) is 0 Å². The van der Waals surface area contributed by atoms with Crippen LogP contribution in [0, 0.1) is 0 Å². The van der Waals surface area contributed by atoms with Gasteiger partial charge in [0.15, 0.2) is 5.65 Å². The molecule has 2 heterocycles. The van der Waals surface area contributed by atoms with Gasteiger partial charge in [0, 0.05) is 20.3 Å². The zero-order valence-corrected chi connectivity index (χ0v) is 7.60. The molecule has 13 heavy (non-hydrogen) atoms. The highest BCUT2D eigenvalue weighted by molar-refractivity contribution is 5.86. The van der Waals surface area contributed by atoms with Crippen molar-refractivity contribution in [2.24, 2.45) is 0 Å². The Bertz CT molecular complexity index is 431. The van der Waals surface area contributed by atoms with Crippen LogP contribution in [0.5, 0.6) is 0 Å². The predicted molar refractivity (Wildman–Crippen MR) is 52.0 cm³/mol. The smallest absolute Gasteiger partial charge is 0.163 e. The molecule has 0 saturated heterocycles. The van der Waals surface area contributed by atoms with Crippen LogP contribution in [0.15, 0.2) is 18.6 Å². The largest absolute Gasteiger partial charge is 0.383 e. The molecule has 0 fully saturated rings. The van der Waals surface area contributed by atoms with Crippen LogP contribution in [0.25, 0.3) is 11.0 Å². The number of aromatic nitrogens is 3. The fourth-order valence-corrected chi connectivity index (χ4v) is 1.28. The fraction of sp³-hybridized carbons (Fsp3) is 0.250. The minimum atomic E-state index is 0.519. The van der Waals surface area contributed by atoms with Crippen LogP contribution in [0.2, 0.25) is 0 Å². The molecule has 0 radical (unpaired) electrons. The maximum atomic E-state index is 5.69. The number of nitrogen functional groups attached to an aromatic ring is 1. The number of fused-ring (bicyclic) bond motifs is 1. The Kier molecular flexibility index (Phi) is 1.58. The molecule has 0 unspecified atom stereocenters. The first-order valence-electron chi connectivity index (χ1n) is 3.95. The van der Waals surface area contributed by atoms with Crippen molar-refractivity contribution in [2.45, 2.75) is 0 Å². The monoisotopic (exact) mass is 177 g/mol. The molecule has 0 atom stereocenters. The SMILES string of the molecule is CN(C)n1ccc2c(N)ncnc21. The lowest BCUT2D eigenvalue weighted by molar-refractivity contribution is 0.753. The highest BCUT2D eigenvalue weighted by Gasteiger charge is 2.05. The van der Waals surface area contributed by atoms with E-state index >= 15 is 0 Å². The van der Waals surface area contributed by atoms with E-state index in [-0.39, 0.29) is 0 Å². The Hall–Kier alpha value is -1.78. The van der Waals surface area contributed by atoms with Gasteiger partial charge in [0.2, 0.25) is 0 Å². The molecule has 2 rings (SSSR count). The maximum Gasteiger partial charge on any atom is 0.163 e. The number of nitrogens with zero attached hydrogens (tertiary/aromatic N) is 4. The predicted octanol–water partition coefficient (Wildman–Crippen LogP) is 0.211. The summed E-state index contributed by atoms with van der Waals surface area (Å²) in [5.74, 6) is 0.519. The van der Waals surface area contributed by atoms with Crippen molar-refractivity contribution >= 4 is 16.9 Å². The molecule has 0 saturated carbocycles. The molecule has 0 aliphatic carbocycles. The highest BCUT2D eigenvalue weighted by atomic mass is 15.5. The van der Waals surface area contributed by atoms with Crippen molar-refractivity contribution in [1.82, 2.24) is 14.6 Å². The van der Waals surface area contributed by atoms with Crippen LogP contribution < -0.4 is 10.7 Å². The summed E-state index contributed by atoms with van der Waals surface area (Å²) in [5, 5.41) is 2.81. The van der Waals surface area contributed by atoms with Gasteiger partial charge in [-0.05, 0) is 6.07 Å². The third-order valence-corrected chi connectivity index (χ3v) is 1.92. The Morgan fingerprint density at radius 1 is 1.38 bits per heavy atom. The lowest BCUT2D eigenvalue weighted by Crippen LogP contribution is -2.23. The molecule has 2 aromatic heterocycles. The van der Waals surface area contributed by atoms with Crippen molar-refractivity contribution in [2.75, 3.05) is 24.8 Å². The van der Waals surface area contributed by atoms with Gasteiger partial charge in [0.25, 0.3) is 0 Å². The molecular weight excluding hydrogens is 166 g/mol. The molecule has 0 bridgehead atoms. The van der Waals surface area contributed by atoms with Crippen LogP contribution in [-0.4, -0.2) is 28.7 Å². The molecule has 0 aliphatic rings. The molecule has 2 aromatic rings. The Labute approximate surface area is 75.8 Å². The Morgan fingerprint density at radius 3 is 2.85 bits per heavy atom. The van der Waals surface area contributed by atoms with Crippen LogP contribution in [0.1, 0.15) is 0 Å². The molecule has 0 amide bonds. The quantitative estimate of drug-likeness (QED) is 0.676. The summed E-state index contributed by atoms with van der Waals surface area (Å²) in [4.78, 5) is 8.07. The normalized spacial score (nSPS) is 10.6. The van der Waals surface area contributed by atoms with Crippen molar-refractivity contribution in [3.05, 3.63) is 18.6 Å². The topological polar surface area (TPSA) is 60.0 Å². The van der Waals surface area contributed by atoms with Gasteiger partial charge >= 0.3 is 0 Å². The number of nitrogens with two attached hydrogens (primary N) is 1. The van der Waals surface area contributed by atoms with E-state index in [0.29, 0.717) is 5.82 Å². The van der Waals surface area contributed by atoms with Gasteiger partial charge < -0.3 is 10.7 Å². The number of anilines is 1. The highest BCUT2D eigenvalue weighted by Crippen LogP contribution is 2.16. The summed E-state index contributed by atoms with van der Waals surface area (Å²) in [6.07, 6.45) is 3.38. The minimum Gasteiger partial charge on any atom is -0.383 e. The second-order valence-corrected chi connectivity index (χ2v) is 3.00. The maximum absolute atomic E-state index is 5.69. The zero-order chi connectivity index (χ0) is 9.42. The van der Waals surface area contributed by atoms with E-state index in [0.717, 1.165) is 11.0 Å². The zero-order valence-electron chi connectivity index (χ0n) is 7.60. The molecule has 68 valence electrons. The van der Waals surface area contributed by atoms with E-state index < -0.39 is 0 Å². The van der Waals surface area contributed by atoms with Gasteiger partial charge in [0.1, 0.15) is 12.1 Å². The number of hydrogen-bond donors (Lipinski definition) is 1. The van der Waals surface area contributed by atoms with Crippen molar-refractivity contribution in [3.8, 4) is 0 Å². The summed E-state index contributed by atoms with van der Waals surface area (Å²) >= 11 is 0. The van der Waals surface area contributed by atoms with E-state index in [1.807, 2.05) is 36.0 Å². The molecule has 0 spiro atoms. The molecule has 0 aromatic carbocycles. The summed E-state index contributed by atoms with van der Waals surface area (Å²) < 4.78 is 1.91. The Balaban J connectivity index is 2.75. The van der Waals surface area contributed by atoms with E-state index in [1.165, 1.54) is 6.33 Å². The van der Waals surface area contributed by atoms with Gasteiger partial charge in [-0.2, -0.15) is 0 Å². The first kappa shape index (κ1) is 7.85. The summed E-state index contributed by atoms with van der Waals surface area (Å²) in [6, 6.07) is 1.91. The summed E-state index contributed by atoms with van der Waals surface area (Å²) in [6.45, 7) is 0. The second-order valence-electron chi connectivity index (χ2n) is 3.00. The van der Waals surface area contributed by atoms with Gasteiger partial charge in [-0.1, -0.05) is 0 Å². The van der Waals surface area contributed by atoms with Crippen LogP contribution in [0.4, 0.5) is 5.82 Å². The molecular formula is C8H11N5. The molecule has 5 heteroatoms. The van der Waals surface area contributed by atoms with E-state index in [1.54, 1.807) is 0 Å². The van der Waals surface area contributed by atoms with Crippen LogP contribution in [0.3, 0.4) is 0 Å². The number of rotatable bonds is 1. The average molecular weight is 177 g/mol. The Morgan fingerprint density at radius 2 is 2.15 bits per heavy atom. The fourth-order valence-electron chi connectivity index (χ4n) is 1.28. The van der Waals surface area contributed by atoms with E-state index in [9.17, 15) is 0 Å². The van der Waals surface area contributed by atoms with Gasteiger partial charge in [0.05, 0.1) is 5.39 Å². The standard InChI is InChI=1S/C8H11N5/c1-12(2)13-4-3-6-7(9)10-5-11-8(6)13/h3-5H,1-2H3,(H2,9,10,11). The molecule has 0 aliphatic heterocycles. The van der Waals surface area contributed by atoms with Gasteiger partial charge in [-0.15, -0.1) is 0 Å². The second kappa shape index (κ2) is 2.62. The summed E-state index contributed by atoms with van der Waals surface area (Å²) in [5.41, 5.74) is 6.52. The van der Waals surface area contributed by atoms with Crippen LogP contribution in [-0.2, 0) is 0 Å². The molecule has 2 N–H and O–H groups in total. The average Bonchev–Trinajstić information content (AvgIpc) is 2.48. The first-order chi connectivity index (χ1) is 6.20. The van der Waals surface area contributed by atoms with E-state index in [2.05, 4.69) is 9.97 Å². The van der Waals surface area contributed by atoms with Crippen LogP contribution >= 0.6 is 0 Å². The third-order valence-electron chi connectivity index (χ3n) is 1.92. The lowest BCUT2D eigenvalue weighted by Gasteiger charge is -2.14. The van der Waals surface area contributed by atoms with Crippen molar-refractivity contribution in [1.29, 1.82) is 0 Å².